The number of pyridine rings is 1. The fourth-order valence-electron chi connectivity index (χ4n) is 2.00. The Morgan fingerprint density at radius 1 is 1.29 bits per heavy atom. The maximum atomic E-state index is 5.89. The van der Waals surface area contributed by atoms with Crippen LogP contribution in [0.15, 0.2) is 46.7 Å². The number of aromatic amines is 1. The van der Waals surface area contributed by atoms with E-state index in [4.69, 9.17) is 10.5 Å². The number of ether oxygens (including phenoxy) is 1. The van der Waals surface area contributed by atoms with Gasteiger partial charge >= 0.3 is 0 Å². The lowest BCUT2D eigenvalue weighted by molar-refractivity contribution is 0.415. The molecule has 108 valence electrons. The summed E-state index contributed by atoms with van der Waals surface area (Å²) in [6.07, 6.45) is 1.77. The van der Waals surface area contributed by atoms with Crippen molar-refractivity contribution < 1.29 is 4.74 Å². The Labute approximate surface area is 126 Å². The van der Waals surface area contributed by atoms with E-state index >= 15 is 0 Å². The predicted molar refractivity (Wildman–Crippen MR) is 83.6 cm³/mol. The second-order valence-corrected chi connectivity index (χ2v) is 5.75. The number of hydrogen-bond donors (Lipinski definition) is 2. The molecule has 3 rings (SSSR count). The molecular formula is C15H16N4OS. The van der Waals surface area contributed by atoms with Gasteiger partial charge in [0.15, 0.2) is 5.16 Å². The Balaban J connectivity index is 1.89. The minimum Gasteiger partial charge on any atom is -0.497 e. The number of H-pyrrole nitrogens is 1. The number of nitrogens with zero attached hydrogens (tertiary/aromatic N) is 2. The molecule has 2 aromatic heterocycles. The number of nitrogens with one attached hydrogen (secondary N) is 1. The maximum absolute atomic E-state index is 5.89. The SMILES string of the molecule is COc1ccc2nc(Sc3cc([C@H](C)N)ccn3)[nH]c2c1. The first kappa shape index (κ1) is 13.9. The third kappa shape index (κ3) is 3.01. The van der Waals surface area contributed by atoms with Crippen LogP contribution in [-0.2, 0) is 0 Å². The van der Waals surface area contributed by atoms with Crippen LogP contribution in [0.3, 0.4) is 0 Å². The van der Waals surface area contributed by atoms with Gasteiger partial charge in [-0.15, -0.1) is 0 Å². The number of benzene rings is 1. The first-order valence-corrected chi connectivity index (χ1v) is 7.40. The number of fused-ring (bicyclic) bond motifs is 1. The summed E-state index contributed by atoms with van der Waals surface area (Å²) in [6.45, 7) is 1.96. The monoisotopic (exact) mass is 300 g/mol. The van der Waals surface area contributed by atoms with E-state index in [-0.39, 0.29) is 6.04 Å². The van der Waals surface area contributed by atoms with Crippen molar-refractivity contribution in [1.82, 2.24) is 15.0 Å². The summed E-state index contributed by atoms with van der Waals surface area (Å²) in [5.74, 6) is 0.805. The van der Waals surface area contributed by atoms with Crippen LogP contribution in [-0.4, -0.2) is 22.1 Å². The van der Waals surface area contributed by atoms with Crippen LogP contribution in [0.1, 0.15) is 18.5 Å². The first-order valence-electron chi connectivity index (χ1n) is 6.59. The summed E-state index contributed by atoms with van der Waals surface area (Å²) in [6, 6.07) is 9.67. The number of imidazole rings is 1. The smallest absolute Gasteiger partial charge is 0.172 e. The normalized spacial score (nSPS) is 12.5. The Kier molecular flexibility index (Phi) is 3.81. The fraction of sp³-hybridized carbons (Fsp3) is 0.200. The molecule has 3 N–H and O–H groups in total. The molecule has 21 heavy (non-hydrogen) atoms. The summed E-state index contributed by atoms with van der Waals surface area (Å²) in [5, 5.41) is 1.67. The largest absolute Gasteiger partial charge is 0.497 e. The van der Waals surface area contributed by atoms with E-state index in [0.29, 0.717) is 0 Å². The van der Waals surface area contributed by atoms with Crippen molar-refractivity contribution in [2.24, 2.45) is 5.73 Å². The average Bonchev–Trinajstić information content (AvgIpc) is 2.88. The van der Waals surface area contributed by atoms with E-state index in [1.165, 1.54) is 11.8 Å². The molecule has 1 atom stereocenters. The van der Waals surface area contributed by atoms with Gasteiger partial charge in [-0.25, -0.2) is 9.97 Å². The zero-order valence-electron chi connectivity index (χ0n) is 11.8. The van der Waals surface area contributed by atoms with Crippen LogP contribution in [0.4, 0.5) is 0 Å². The molecule has 0 spiro atoms. The van der Waals surface area contributed by atoms with Crippen LogP contribution in [0.2, 0.25) is 0 Å². The third-order valence-corrected chi connectivity index (χ3v) is 3.97. The first-order chi connectivity index (χ1) is 10.2. The molecule has 0 aliphatic rings. The number of nitrogens with two attached hydrogens (primary N) is 1. The summed E-state index contributed by atoms with van der Waals surface area (Å²) in [4.78, 5) is 12.2. The molecule has 0 saturated heterocycles. The molecule has 0 aliphatic carbocycles. The van der Waals surface area contributed by atoms with E-state index in [9.17, 15) is 0 Å². The Hall–Kier alpha value is -2.05. The van der Waals surface area contributed by atoms with Crippen molar-refractivity contribution >= 4 is 22.8 Å². The molecule has 6 heteroatoms. The van der Waals surface area contributed by atoms with Crippen LogP contribution >= 0.6 is 11.8 Å². The molecule has 1 aromatic carbocycles. The van der Waals surface area contributed by atoms with Crippen molar-refractivity contribution in [3.8, 4) is 5.75 Å². The van der Waals surface area contributed by atoms with Gasteiger partial charge in [0.25, 0.3) is 0 Å². The second kappa shape index (κ2) is 5.75. The lowest BCUT2D eigenvalue weighted by Gasteiger charge is -2.05. The van der Waals surface area contributed by atoms with Gasteiger partial charge in [-0.3, -0.25) is 0 Å². The lowest BCUT2D eigenvalue weighted by Crippen LogP contribution is -2.04. The third-order valence-electron chi connectivity index (χ3n) is 3.15. The van der Waals surface area contributed by atoms with Gasteiger partial charge < -0.3 is 15.5 Å². The minimum absolute atomic E-state index is 0.00714. The molecule has 3 aromatic rings. The van der Waals surface area contributed by atoms with Gasteiger partial charge in [0, 0.05) is 18.3 Å². The molecule has 0 saturated carbocycles. The van der Waals surface area contributed by atoms with Gasteiger partial charge in [0.2, 0.25) is 0 Å². The van der Waals surface area contributed by atoms with Crippen molar-refractivity contribution in [2.75, 3.05) is 7.11 Å². The van der Waals surface area contributed by atoms with Crippen molar-refractivity contribution in [3.05, 3.63) is 42.1 Å². The van der Waals surface area contributed by atoms with Crippen molar-refractivity contribution in [1.29, 1.82) is 0 Å². The number of aromatic nitrogens is 3. The van der Waals surface area contributed by atoms with Crippen LogP contribution in [0.5, 0.6) is 5.75 Å². The molecule has 5 nitrogen and oxygen atoms in total. The molecule has 0 unspecified atom stereocenters. The zero-order chi connectivity index (χ0) is 14.8. The Morgan fingerprint density at radius 2 is 2.14 bits per heavy atom. The van der Waals surface area contributed by atoms with Gasteiger partial charge in [-0.1, -0.05) is 0 Å². The van der Waals surface area contributed by atoms with Gasteiger partial charge in [0.1, 0.15) is 10.8 Å². The van der Waals surface area contributed by atoms with E-state index in [2.05, 4.69) is 15.0 Å². The molecule has 0 fully saturated rings. The topological polar surface area (TPSA) is 76.8 Å². The molecule has 2 heterocycles. The summed E-state index contributed by atoms with van der Waals surface area (Å²) in [5.41, 5.74) is 8.80. The predicted octanol–water partition coefficient (Wildman–Crippen LogP) is 3.14. The minimum atomic E-state index is -0.00714. The quantitative estimate of drug-likeness (QED) is 0.774. The van der Waals surface area contributed by atoms with E-state index in [0.717, 1.165) is 32.5 Å². The van der Waals surface area contributed by atoms with E-state index < -0.39 is 0 Å². The molecule has 0 aliphatic heterocycles. The Morgan fingerprint density at radius 3 is 2.90 bits per heavy atom. The van der Waals surface area contributed by atoms with Crippen molar-refractivity contribution in [2.45, 2.75) is 23.1 Å². The summed E-state index contributed by atoms with van der Waals surface area (Å²) in [7, 11) is 1.65. The lowest BCUT2D eigenvalue weighted by atomic mass is 10.1. The van der Waals surface area contributed by atoms with Gasteiger partial charge in [0.05, 0.1) is 18.1 Å². The van der Waals surface area contributed by atoms with Crippen LogP contribution < -0.4 is 10.5 Å². The van der Waals surface area contributed by atoms with Crippen LogP contribution in [0.25, 0.3) is 11.0 Å². The molecule has 0 bridgehead atoms. The van der Waals surface area contributed by atoms with E-state index in [1.807, 2.05) is 37.3 Å². The van der Waals surface area contributed by atoms with Crippen molar-refractivity contribution in [3.63, 3.8) is 0 Å². The highest BCUT2D eigenvalue weighted by atomic mass is 32.2. The van der Waals surface area contributed by atoms with Gasteiger partial charge in [-0.05, 0) is 48.5 Å². The molecular weight excluding hydrogens is 284 g/mol. The maximum Gasteiger partial charge on any atom is 0.172 e. The molecule has 0 amide bonds. The molecule has 0 radical (unpaired) electrons. The highest BCUT2D eigenvalue weighted by molar-refractivity contribution is 7.99. The average molecular weight is 300 g/mol. The number of methoxy groups -OCH3 is 1. The highest BCUT2D eigenvalue weighted by Gasteiger charge is 2.08. The summed E-state index contributed by atoms with van der Waals surface area (Å²) >= 11 is 1.48. The van der Waals surface area contributed by atoms with E-state index in [1.54, 1.807) is 13.3 Å². The number of hydrogen-bond acceptors (Lipinski definition) is 5. The fourth-order valence-corrected chi connectivity index (χ4v) is 2.82. The van der Waals surface area contributed by atoms with Gasteiger partial charge in [-0.2, -0.15) is 0 Å². The highest BCUT2D eigenvalue weighted by Crippen LogP contribution is 2.28. The Bertz CT molecular complexity index is 769. The second-order valence-electron chi connectivity index (χ2n) is 4.74. The number of rotatable bonds is 4. The van der Waals surface area contributed by atoms with Crippen LogP contribution in [0, 0.1) is 0 Å². The summed E-state index contributed by atoms with van der Waals surface area (Å²) < 4.78 is 5.21. The standard InChI is InChI=1S/C15H16N4OS/c1-9(16)10-5-6-17-14(7-10)21-15-18-12-4-3-11(20-2)8-13(12)19-15/h3-9H,16H2,1-2H3,(H,18,19)/t9-/m0/s1. The zero-order valence-corrected chi connectivity index (χ0v) is 12.6.